The molecule has 0 radical (unpaired) electrons. The lowest BCUT2D eigenvalue weighted by molar-refractivity contribution is 0.0205. The minimum Gasteiger partial charge on any atom is -0.504 e. The Bertz CT molecular complexity index is 460. The van der Waals surface area contributed by atoms with Gasteiger partial charge in [0, 0.05) is 51.0 Å². The van der Waals surface area contributed by atoms with Gasteiger partial charge in [-0.05, 0) is 24.8 Å². The fourth-order valence-electron chi connectivity index (χ4n) is 3.53. The van der Waals surface area contributed by atoms with E-state index in [9.17, 15) is 10.2 Å². The third-order valence-corrected chi connectivity index (χ3v) is 4.62. The van der Waals surface area contributed by atoms with Gasteiger partial charge in [-0.1, -0.05) is 12.1 Å². The maximum atomic E-state index is 10.3. The van der Waals surface area contributed by atoms with E-state index in [4.69, 9.17) is 4.74 Å². The predicted octanol–water partition coefficient (Wildman–Crippen LogP) is 2.31. The number of phenolic OH excluding ortho intramolecular Hbond substituents is 2. The molecule has 5 nitrogen and oxygen atoms in total. The first-order valence-corrected chi connectivity index (χ1v) is 7.80. The Morgan fingerprint density at radius 1 is 1.09 bits per heavy atom. The molecule has 2 fully saturated rings. The van der Waals surface area contributed by atoms with Gasteiger partial charge in [0.1, 0.15) is 0 Å². The lowest BCUT2D eigenvalue weighted by Crippen LogP contribution is -2.47. The maximum Gasteiger partial charge on any atom is 0.162 e. The zero-order valence-corrected chi connectivity index (χ0v) is 14.7. The summed E-state index contributed by atoms with van der Waals surface area (Å²) in [5.74, 6) is 0.469. The molecule has 2 saturated heterocycles. The SMILES string of the molecule is Cl.Cl.Oc1cccc([C@@H](C2CCOCC2)N2CCNCC2)c1O. The zero-order valence-electron chi connectivity index (χ0n) is 13.1. The van der Waals surface area contributed by atoms with Crippen LogP contribution in [0.3, 0.4) is 0 Å². The molecule has 0 unspecified atom stereocenters. The summed E-state index contributed by atoms with van der Waals surface area (Å²) < 4.78 is 5.48. The molecule has 0 amide bonds. The highest BCUT2D eigenvalue weighted by Crippen LogP contribution is 2.42. The number of benzene rings is 1. The van der Waals surface area contributed by atoms with E-state index in [1.54, 1.807) is 0 Å². The second-order valence-electron chi connectivity index (χ2n) is 5.90. The Morgan fingerprint density at radius 3 is 2.39 bits per heavy atom. The van der Waals surface area contributed by atoms with Gasteiger partial charge < -0.3 is 20.3 Å². The second-order valence-corrected chi connectivity index (χ2v) is 5.90. The van der Waals surface area contributed by atoms with Crippen LogP contribution in [-0.4, -0.2) is 54.5 Å². The van der Waals surface area contributed by atoms with Gasteiger partial charge in [-0.15, -0.1) is 24.8 Å². The minimum absolute atomic E-state index is 0. The summed E-state index contributed by atoms with van der Waals surface area (Å²) in [7, 11) is 0. The molecule has 23 heavy (non-hydrogen) atoms. The normalized spacial score (nSPS) is 21.0. The van der Waals surface area contributed by atoms with Crippen LogP contribution in [0.15, 0.2) is 18.2 Å². The number of halogens is 2. The Labute approximate surface area is 149 Å². The second kappa shape index (κ2) is 9.55. The molecule has 3 rings (SSSR count). The van der Waals surface area contributed by atoms with Gasteiger partial charge in [-0.25, -0.2) is 0 Å². The van der Waals surface area contributed by atoms with Crippen molar-refractivity contribution < 1.29 is 14.9 Å². The zero-order chi connectivity index (χ0) is 14.7. The summed E-state index contributed by atoms with van der Waals surface area (Å²) in [5, 5.41) is 23.5. The molecule has 1 aromatic carbocycles. The average Bonchev–Trinajstić information content (AvgIpc) is 2.54. The lowest BCUT2D eigenvalue weighted by atomic mass is 9.85. The highest BCUT2D eigenvalue weighted by atomic mass is 35.5. The van der Waals surface area contributed by atoms with Gasteiger partial charge in [0.05, 0.1) is 0 Å². The first-order valence-electron chi connectivity index (χ1n) is 7.80. The van der Waals surface area contributed by atoms with Crippen LogP contribution in [0, 0.1) is 5.92 Å². The largest absolute Gasteiger partial charge is 0.504 e. The smallest absolute Gasteiger partial charge is 0.162 e. The van der Waals surface area contributed by atoms with Crippen molar-refractivity contribution in [3.05, 3.63) is 23.8 Å². The maximum absolute atomic E-state index is 10.3. The highest BCUT2D eigenvalue weighted by molar-refractivity contribution is 5.85. The topological polar surface area (TPSA) is 65.0 Å². The van der Waals surface area contributed by atoms with E-state index in [1.807, 2.05) is 12.1 Å². The first-order chi connectivity index (χ1) is 10.3. The number of piperazine rings is 1. The van der Waals surface area contributed by atoms with Crippen molar-refractivity contribution in [3.63, 3.8) is 0 Å². The molecule has 1 aromatic rings. The Balaban J connectivity index is 0.00000132. The van der Waals surface area contributed by atoms with Gasteiger partial charge in [0.2, 0.25) is 0 Å². The van der Waals surface area contributed by atoms with Crippen molar-refractivity contribution in [1.29, 1.82) is 0 Å². The summed E-state index contributed by atoms with van der Waals surface area (Å²) >= 11 is 0. The van der Waals surface area contributed by atoms with Crippen LogP contribution in [0.1, 0.15) is 24.4 Å². The quantitative estimate of drug-likeness (QED) is 0.718. The number of ether oxygens (including phenoxy) is 1. The number of hydrogen-bond donors (Lipinski definition) is 3. The van der Waals surface area contributed by atoms with Crippen LogP contribution >= 0.6 is 24.8 Å². The molecule has 7 heteroatoms. The van der Waals surface area contributed by atoms with Crippen molar-refractivity contribution in [2.45, 2.75) is 18.9 Å². The molecule has 132 valence electrons. The van der Waals surface area contributed by atoms with Gasteiger partial charge >= 0.3 is 0 Å². The average molecular weight is 365 g/mol. The highest BCUT2D eigenvalue weighted by Gasteiger charge is 2.33. The third kappa shape index (κ3) is 4.64. The fraction of sp³-hybridized carbons (Fsp3) is 0.625. The van der Waals surface area contributed by atoms with E-state index < -0.39 is 0 Å². The summed E-state index contributed by atoms with van der Waals surface area (Å²) in [4.78, 5) is 2.43. The molecule has 2 aliphatic heterocycles. The summed E-state index contributed by atoms with van der Waals surface area (Å²) in [6, 6.07) is 5.46. The molecule has 0 aromatic heterocycles. The van der Waals surface area contributed by atoms with Gasteiger partial charge in [0.15, 0.2) is 11.5 Å². The summed E-state index contributed by atoms with van der Waals surface area (Å²) in [6.45, 7) is 5.45. The Morgan fingerprint density at radius 2 is 1.74 bits per heavy atom. The molecule has 2 heterocycles. The number of aromatic hydroxyl groups is 2. The molecule has 0 saturated carbocycles. The van der Waals surface area contributed by atoms with E-state index >= 15 is 0 Å². The number of nitrogens with zero attached hydrogens (tertiary/aromatic N) is 1. The van der Waals surface area contributed by atoms with Crippen LogP contribution in [0.4, 0.5) is 0 Å². The van der Waals surface area contributed by atoms with Crippen molar-refractivity contribution in [2.75, 3.05) is 39.4 Å². The lowest BCUT2D eigenvalue weighted by Gasteiger charge is -2.41. The van der Waals surface area contributed by atoms with Crippen molar-refractivity contribution >= 4 is 24.8 Å². The first kappa shape index (κ1) is 20.3. The van der Waals surface area contributed by atoms with E-state index in [2.05, 4.69) is 10.2 Å². The minimum atomic E-state index is -0.0281. The Hall–Kier alpha value is -0.720. The number of hydrogen-bond acceptors (Lipinski definition) is 5. The number of para-hydroxylation sites is 1. The monoisotopic (exact) mass is 364 g/mol. The van der Waals surface area contributed by atoms with Crippen LogP contribution in [-0.2, 0) is 4.74 Å². The third-order valence-electron chi connectivity index (χ3n) is 4.62. The molecule has 1 atom stereocenters. The molecule has 0 spiro atoms. The van der Waals surface area contributed by atoms with Crippen LogP contribution in [0.25, 0.3) is 0 Å². The van der Waals surface area contributed by atoms with Crippen LogP contribution in [0.2, 0.25) is 0 Å². The standard InChI is InChI=1S/C16H24N2O3.2ClH/c19-14-3-1-2-13(16(14)20)15(12-4-10-21-11-5-12)18-8-6-17-7-9-18;;/h1-3,12,15,17,19-20H,4-11H2;2*1H/t15-;;/m1../s1. The van der Waals surface area contributed by atoms with E-state index in [-0.39, 0.29) is 42.4 Å². The van der Waals surface area contributed by atoms with Crippen LogP contribution < -0.4 is 5.32 Å². The summed E-state index contributed by atoms with van der Waals surface area (Å²) in [5.41, 5.74) is 0.851. The van der Waals surface area contributed by atoms with Crippen molar-refractivity contribution in [2.24, 2.45) is 5.92 Å². The molecule has 2 aliphatic rings. The number of rotatable bonds is 3. The van der Waals surface area contributed by atoms with Crippen LogP contribution in [0.5, 0.6) is 11.5 Å². The Kier molecular flexibility index (Phi) is 8.44. The van der Waals surface area contributed by atoms with E-state index in [0.29, 0.717) is 5.92 Å². The predicted molar refractivity (Wildman–Crippen MR) is 95.0 cm³/mol. The molecular weight excluding hydrogens is 339 g/mol. The summed E-state index contributed by atoms with van der Waals surface area (Å²) in [6.07, 6.45) is 2.01. The van der Waals surface area contributed by atoms with Crippen molar-refractivity contribution in [1.82, 2.24) is 10.2 Å². The molecular formula is C16H26Cl2N2O3. The number of nitrogens with one attached hydrogen (secondary N) is 1. The van der Waals surface area contributed by atoms with Gasteiger partial charge in [0.25, 0.3) is 0 Å². The fourth-order valence-corrected chi connectivity index (χ4v) is 3.53. The number of phenols is 2. The molecule has 3 N–H and O–H groups in total. The van der Waals surface area contributed by atoms with Gasteiger partial charge in [-0.2, -0.15) is 0 Å². The van der Waals surface area contributed by atoms with E-state index in [0.717, 1.165) is 57.8 Å². The molecule has 0 bridgehead atoms. The van der Waals surface area contributed by atoms with Crippen molar-refractivity contribution in [3.8, 4) is 11.5 Å². The molecule has 0 aliphatic carbocycles. The van der Waals surface area contributed by atoms with E-state index in [1.165, 1.54) is 6.07 Å². The van der Waals surface area contributed by atoms with Gasteiger partial charge in [-0.3, -0.25) is 4.90 Å².